The Hall–Kier alpha value is -6.34. The summed E-state index contributed by atoms with van der Waals surface area (Å²) in [5.74, 6) is -3.52. The van der Waals surface area contributed by atoms with Crippen molar-refractivity contribution < 1.29 is 77.1 Å². The summed E-state index contributed by atoms with van der Waals surface area (Å²) in [6, 6.07) is 7.04. The van der Waals surface area contributed by atoms with E-state index < -0.39 is 81.9 Å². The van der Waals surface area contributed by atoms with Gasteiger partial charge in [-0.3, -0.25) is 29.3 Å². The average Bonchev–Trinajstić information content (AvgIpc) is 4.18. The topological polar surface area (TPSA) is 279 Å². The largest absolute Gasteiger partial charge is 0.507 e. The molecular weight excluding hydrogens is 1120 g/mol. The molecule has 1 saturated carbocycles. The van der Waals surface area contributed by atoms with E-state index in [1.165, 1.54) is 58.7 Å². The van der Waals surface area contributed by atoms with E-state index in [9.17, 15) is 48.6 Å². The summed E-state index contributed by atoms with van der Waals surface area (Å²) >= 11 is 6.85. The van der Waals surface area contributed by atoms with Crippen LogP contribution in [0, 0.1) is 17.3 Å². The van der Waals surface area contributed by atoms with Gasteiger partial charge in [-0.05, 0) is 95.5 Å². The number of alkyl carbamates (subject to hydrolysis) is 1. The zero-order valence-electron chi connectivity index (χ0n) is 48.2. The average molecular weight is 1200 g/mol. The molecule has 4 aliphatic rings. The fourth-order valence-electron chi connectivity index (χ4n) is 10.1. The number of hydrogen-bond donors (Lipinski definition) is 4. The van der Waals surface area contributed by atoms with Crippen molar-refractivity contribution in [2.45, 2.75) is 148 Å². The number of aliphatic hydroxyl groups is 1. The van der Waals surface area contributed by atoms with Crippen molar-refractivity contribution in [3.8, 4) is 17.2 Å². The van der Waals surface area contributed by atoms with E-state index >= 15 is 0 Å². The molecule has 22 nitrogen and oxygen atoms in total. The number of carbonyl (C=O) groups is 8. The van der Waals surface area contributed by atoms with Crippen LogP contribution in [-0.2, 0) is 59.0 Å². The summed E-state index contributed by atoms with van der Waals surface area (Å²) in [5.41, 5.74) is 2.64. The lowest BCUT2D eigenvalue weighted by Gasteiger charge is -2.42. The summed E-state index contributed by atoms with van der Waals surface area (Å²) in [6.07, 6.45) is 2.55. The SMILES string of the molecule is COc1cc2cc(c1Cl)N(C)C(=O)C[C@H](OC(=O)[C@H](C)N(C)C(=O)CCSSC(C)(C)CC(=O)N/N=C(\C)c1ccc(OCCCC(=O)ON3C(=O)CCC3=O)cc1O)[C@@]1(C)C[C@H]1[C@H](C)[C@@H]1C[C@@](O)(NC(=O)O1)[C@H](OC)/C=C/C=C(\C)C2. The Kier molecular flexibility index (Phi) is 22.0. The summed E-state index contributed by atoms with van der Waals surface area (Å²) in [7, 11) is 8.80. The third kappa shape index (κ3) is 16.5. The van der Waals surface area contributed by atoms with Gasteiger partial charge in [0.25, 0.3) is 11.8 Å². The lowest BCUT2D eigenvalue weighted by atomic mass is 9.83. The van der Waals surface area contributed by atoms with Crippen LogP contribution < -0.4 is 25.1 Å². The van der Waals surface area contributed by atoms with Gasteiger partial charge in [-0.1, -0.05) is 70.8 Å². The van der Waals surface area contributed by atoms with Gasteiger partial charge in [0.05, 0.1) is 38.0 Å². The van der Waals surface area contributed by atoms with Crippen molar-refractivity contribution in [1.82, 2.24) is 20.7 Å². The zero-order chi connectivity index (χ0) is 60.4. The number of methoxy groups -OCH3 is 2. The maximum Gasteiger partial charge on any atom is 0.409 e. The molecule has 2 aromatic carbocycles. The fourth-order valence-corrected chi connectivity index (χ4v) is 12.9. The summed E-state index contributed by atoms with van der Waals surface area (Å²) in [4.78, 5) is 111. The molecule has 3 heterocycles. The molecule has 2 saturated heterocycles. The summed E-state index contributed by atoms with van der Waals surface area (Å²) in [6.45, 7) is 12.7. The van der Waals surface area contributed by atoms with Gasteiger partial charge in [0.2, 0.25) is 17.7 Å². The number of likely N-dealkylation sites (N-methyl/N-ethyl adjacent to an activating group) is 1. The van der Waals surface area contributed by atoms with Crippen LogP contribution in [0.4, 0.5) is 10.5 Å². The maximum absolute atomic E-state index is 14.4. The van der Waals surface area contributed by atoms with Gasteiger partial charge in [-0.15, -0.1) is 5.06 Å². The van der Waals surface area contributed by atoms with E-state index in [0.29, 0.717) is 52.1 Å². The molecule has 25 heteroatoms. The van der Waals surface area contributed by atoms with Gasteiger partial charge in [0.15, 0.2) is 5.72 Å². The Bertz CT molecular complexity index is 2850. The lowest BCUT2D eigenvalue weighted by molar-refractivity contribution is -0.197. The molecule has 6 amide bonds. The molecule has 0 radical (unpaired) electrons. The number of nitrogens with one attached hydrogen (secondary N) is 2. The van der Waals surface area contributed by atoms with Crippen molar-refractivity contribution in [3.63, 3.8) is 0 Å². The van der Waals surface area contributed by atoms with Gasteiger partial charge in [0.1, 0.15) is 46.6 Å². The fraction of sp³-hybridized carbons (Fsp3) is 0.561. The van der Waals surface area contributed by atoms with E-state index in [4.69, 9.17) is 40.1 Å². The highest BCUT2D eigenvalue weighted by Gasteiger charge is 2.62. The van der Waals surface area contributed by atoms with Gasteiger partial charge in [-0.2, -0.15) is 5.10 Å². The molecule has 4 N–H and O–H groups in total. The number of fused-ring (bicyclic) bond motifs is 5. The zero-order valence-corrected chi connectivity index (χ0v) is 50.6. The number of imide groups is 1. The van der Waals surface area contributed by atoms with E-state index in [1.807, 2.05) is 40.7 Å². The Balaban J connectivity index is 1.03. The molecule has 8 atom stereocenters. The highest BCUT2D eigenvalue weighted by Crippen LogP contribution is 2.61. The number of hydrogen-bond acceptors (Lipinski definition) is 19. The van der Waals surface area contributed by atoms with Gasteiger partial charge in [0, 0.05) is 80.9 Å². The Morgan fingerprint density at radius 3 is 2.44 bits per heavy atom. The van der Waals surface area contributed by atoms with Crippen LogP contribution >= 0.6 is 33.2 Å². The molecule has 448 valence electrons. The number of phenolic OH excluding ortho intramolecular Hbond substituents is 1. The molecule has 2 aromatic rings. The van der Waals surface area contributed by atoms with Crippen molar-refractivity contribution in [1.29, 1.82) is 0 Å². The van der Waals surface area contributed by atoms with E-state index in [2.05, 4.69) is 15.8 Å². The van der Waals surface area contributed by atoms with E-state index in [-0.39, 0.29) is 86.5 Å². The predicted octanol–water partition coefficient (Wildman–Crippen LogP) is 7.34. The van der Waals surface area contributed by atoms with E-state index in [1.54, 1.807) is 57.3 Å². The first-order valence-corrected chi connectivity index (χ1v) is 29.6. The standard InChI is InChI=1S/C57H75ClN6O16S2/c1-32-14-12-15-44(76-11)57(74)30-43(78-54(73)59-57)33(2)39-29-56(39,7)45(28-50(70)63(9)40-25-36(24-32)26-42(75-10)52(40)58)79-53(72)35(4)62(8)47(67)21-23-81-82-55(5,6)31-46(66)61-60-34(3)38-18-17-37(27-41(38)65)77-22-13-16-51(71)80-64-48(68)19-20-49(64)69/h12,14-15,17-18,25-27,33,35,39,43-45,65,74H,13,16,19-24,28-31H2,1-11H3,(H,59,73)(H,61,66)/b15-12+,32-14+,60-34+/t33-,35-,39-,43-,44+,45-,56-,57-/m0/s1. The van der Waals surface area contributed by atoms with Crippen molar-refractivity contribution >= 4 is 92.2 Å². The maximum atomic E-state index is 14.4. The van der Waals surface area contributed by atoms with Crippen LogP contribution in [0.5, 0.6) is 17.2 Å². The molecule has 3 fully saturated rings. The second-order valence-electron chi connectivity index (χ2n) is 22.0. The number of nitrogens with zero attached hydrogens (tertiary/aromatic N) is 4. The summed E-state index contributed by atoms with van der Waals surface area (Å²) < 4.78 is 28.4. The number of halogens is 1. The highest BCUT2D eigenvalue weighted by molar-refractivity contribution is 8.77. The molecule has 3 aliphatic heterocycles. The molecule has 1 aliphatic carbocycles. The number of anilines is 1. The number of hydroxylamine groups is 2. The molecular formula is C57H75ClN6O16S2. The molecule has 4 bridgehead atoms. The normalized spacial score (nSPS) is 25.6. The Labute approximate surface area is 490 Å². The van der Waals surface area contributed by atoms with Crippen LogP contribution in [0.15, 0.2) is 59.2 Å². The number of carbonyl (C=O) groups excluding carboxylic acids is 8. The predicted molar refractivity (Wildman–Crippen MR) is 308 cm³/mol. The van der Waals surface area contributed by atoms with Gasteiger partial charge >= 0.3 is 18.0 Å². The molecule has 0 spiro atoms. The van der Waals surface area contributed by atoms with Crippen LogP contribution in [-0.4, -0.2) is 149 Å². The number of phenols is 1. The third-order valence-corrected chi connectivity index (χ3v) is 18.9. The van der Waals surface area contributed by atoms with Crippen LogP contribution in [0.25, 0.3) is 0 Å². The minimum Gasteiger partial charge on any atom is -0.507 e. The Morgan fingerprint density at radius 1 is 1.06 bits per heavy atom. The van der Waals surface area contributed by atoms with Crippen LogP contribution in [0.2, 0.25) is 5.02 Å². The second-order valence-corrected chi connectivity index (χ2v) is 25.5. The number of esters is 1. The van der Waals surface area contributed by atoms with E-state index in [0.717, 1.165) is 11.1 Å². The number of hydrazone groups is 1. The van der Waals surface area contributed by atoms with Crippen molar-refractivity contribution in [2.24, 2.45) is 22.4 Å². The van der Waals surface area contributed by atoms with Crippen molar-refractivity contribution in [3.05, 3.63) is 70.3 Å². The highest BCUT2D eigenvalue weighted by atomic mass is 35.5. The quantitative estimate of drug-likeness (QED) is 0.0252. The smallest absolute Gasteiger partial charge is 0.409 e. The lowest BCUT2D eigenvalue weighted by Crippen LogP contribution is -2.63. The molecule has 82 heavy (non-hydrogen) atoms. The number of amides is 6. The number of rotatable bonds is 20. The monoisotopic (exact) mass is 1200 g/mol. The number of ether oxygens (including phenoxy) is 5. The summed E-state index contributed by atoms with van der Waals surface area (Å²) in [5, 5.41) is 30.0. The van der Waals surface area contributed by atoms with Crippen molar-refractivity contribution in [2.75, 3.05) is 45.6 Å². The minimum atomic E-state index is -1.83. The first-order valence-electron chi connectivity index (χ1n) is 26.9. The number of allylic oxidation sites excluding steroid dienone is 3. The minimum absolute atomic E-state index is 0.00266. The second kappa shape index (κ2) is 27.8. The first kappa shape index (κ1) is 64.8. The number of aromatic hydroxyl groups is 1. The van der Waals surface area contributed by atoms with Crippen LogP contribution in [0.1, 0.15) is 117 Å². The van der Waals surface area contributed by atoms with Gasteiger partial charge < -0.3 is 48.5 Å². The molecule has 6 rings (SSSR count). The van der Waals surface area contributed by atoms with Gasteiger partial charge in [-0.25, -0.2) is 19.8 Å². The Morgan fingerprint density at radius 2 is 1.77 bits per heavy atom. The van der Waals surface area contributed by atoms with Crippen LogP contribution in [0.3, 0.4) is 0 Å². The molecule has 0 aromatic heterocycles. The molecule has 0 unspecified atom stereocenters. The third-order valence-electron chi connectivity index (χ3n) is 15.2. The first-order chi connectivity index (χ1) is 38.6. The number of benzene rings is 2.